The molecule has 33 heavy (non-hydrogen) atoms. The predicted octanol–water partition coefficient (Wildman–Crippen LogP) is 5.80. The molecule has 0 aliphatic heterocycles. The first-order chi connectivity index (χ1) is 16.2. The molecule has 2 saturated carbocycles. The topological polar surface area (TPSA) is 87.9 Å². The number of aromatic nitrogens is 4. The molecule has 3 N–H and O–H groups in total. The van der Waals surface area contributed by atoms with Gasteiger partial charge in [-0.05, 0) is 51.9 Å². The summed E-state index contributed by atoms with van der Waals surface area (Å²) in [4.78, 5) is 14.7. The number of thiocarbonyl (C=S) groups is 1. The minimum Gasteiger partial charge on any atom is -0.400 e. The van der Waals surface area contributed by atoms with Crippen LogP contribution in [0.2, 0.25) is 0 Å². The van der Waals surface area contributed by atoms with Gasteiger partial charge < -0.3 is 20.3 Å². The number of imidazole rings is 1. The molecule has 8 heteroatoms. The number of fused-ring (bicyclic) bond motifs is 1. The van der Waals surface area contributed by atoms with Crippen molar-refractivity contribution in [3.63, 3.8) is 0 Å². The molecular formula is C25H44N6OS. The van der Waals surface area contributed by atoms with E-state index in [2.05, 4.69) is 37.1 Å². The fraction of sp³-hybridized carbons (Fsp3) is 0.760. The Morgan fingerprint density at radius 1 is 1.03 bits per heavy atom. The molecule has 2 fully saturated rings. The minimum atomic E-state index is 0.366. The molecule has 186 valence electrons. The van der Waals surface area contributed by atoms with E-state index < -0.39 is 0 Å². The van der Waals surface area contributed by atoms with Crippen molar-refractivity contribution >= 4 is 34.2 Å². The lowest BCUT2D eigenvalue weighted by atomic mass is 10.1. The first kappa shape index (κ1) is 27.4. The van der Waals surface area contributed by atoms with Crippen molar-refractivity contribution in [1.82, 2.24) is 24.8 Å². The smallest absolute Gasteiger partial charge is 0.165 e. The lowest BCUT2D eigenvalue weighted by Crippen LogP contribution is -2.31. The first-order valence-corrected chi connectivity index (χ1v) is 13.3. The number of hydrogen-bond acceptors (Lipinski definition) is 6. The third-order valence-corrected chi connectivity index (χ3v) is 6.85. The van der Waals surface area contributed by atoms with E-state index in [1.807, 2.05) is 20.2 Å². The molecule has 2 aliphatic rings. The van der Waals surface area contributed by atoms with Gasteiger partial charge in [0.05, 0.1) is 11.3 Å². The Kier molecular flexibility index (Phi) is 12.6. The Morgan fingerprint density at radius 2 is 1.67 bits per heavy atom. The van der Waals surface area contributed by atoms with Crippen LogP contribution < -0.4 is 10.6 Å². The van der Waals surface area contributed by atoms with E-state index in [4.69, 9.17) is 17.3 Å². The Balaban J connectivity index is 0.000000914. The summed E-state index contributed by atoms with van der Waals surface area (Å²) < 4.78 is 2.20. The predicted molar refractivity (Wildman–Crippen MR) is 142 cm³/mol. The van der Waals surface area contributed by atoms with Crippen molar-refractivity contribution in [3.05, 3.63) is 12.7 Å². The van der Waals surface area contributed by atoms with Crippen LogP contribution in [0, 0.1) is 0 Å². The summed E-state index contributed by atoms with van der Waals surface area (Å²) in [6.45, 7) is 6.25. The zero-order chi connectivity index (χ0) is 24.1. The quantitative estimate of drug-likeness (QED) is 0.311. The molecule has 2 aromatic rings. The van der Waals surface area contributed by atoms with Crippen LogP contribution in [0.3, 0.4) is 0 Å². The van der Waals surface area contributed by atoms with E-state index in [0.717, 1.165) is 54.8 Å². The molecule has 4 rings (SSSR count). The van der Waals surface area contributed by atoms with Crippen LogP contribution in [0.4, 0.5) is 5.82 Å². The summed E-state index contributed by atoms with van der Waals surface area (Å²) in [7, 11) is 1.00. The van der Waals surface area contributed by atoms with Crippen LogP contribution in [0.15, 0.2) is 12.7 Å². The lowest BCUT2D eigenvalue weighted by Gasteiger charge is -2.16. The van der Waals surface area contributed by atoms with E-state index >= 15 is 0 Å². The normalized spacial score (nSPS) is 17.1. The van der Waals surface area contributed by atoms with Gasteiger partial charge in [0, 0.05) is 25.2 Å². The molecule has 0 bridgehead atoms. The molecular weight excluding hydrogens is 432 g/mol. The molecule has 0 amide bonds. The highest BCUT2D eigenvalue weighted by Gasteiger charge is 2.19. The second kappa shape index (κ2) is 15.2. The van der Waals surface area contributed by atoms with E-state index in [0.29, 0.717) is 18.1 Å². The summed E-state index contributed by atoms with van der Waals surface area (Å²) in [5.41, 5.74) is 1.83. The Morgan fingerprint density at radius 3 is 2.33 bits per heavy atom. The zero-order valence-corrected chi connectivity index (χ0v) is 21.8. The van der Waals surface area contributed by atoms with Crippen LogP contribution in [-0.2, 0) is 0 Å². The Labute approximate surface area is 205 Å². The highest BCUT2D eigenvalue weighted by atomic mass is 32.1. The molecule has 0 spiro atoms. The van der Waals surface area contributed by atoms with Crippen molar-refractivity contribution in [2.45, 2.75) is 116 Å². The number of nitrogens with zero attached hydrogens (tertiary/aromatic N) is 4. The third-order valence-electron chi connectivity index (χ3n) is 6.53. The van der Waals surface area contributed by atoms with Gasteiger partial charge in [0.1, 0.15) is 11.8 Å². The molecule has 0 aromatic carbocycles. The van der Waals surface area contributed by atoms with Crippen molar-refractivity contribution < 1.29 is 5.11 Å². The molecule has 2 aromatic heterocycles. The van der Waals surface area contributed by atoms with Crippen molar-refractivity contribution in [2.75, 3.05) is 12.4 Å². The first-order valence-electron chi connectivity index (χ1n) is 12.9. The highest BCUT2D eigenvalue weighted by molar-refractivity contribution is 7.80. The van der Waals surface area contributed by atoms with E-state index in [-0.39, 0.29) is 0 Å². The van der Waals surface area contributed by atoms with Crippen LogP contribution in [0.5, 0.6) is 0 Å². The summed E-state index contributed by atoms with van der Waals surface area (Å²) in [6, 6.07) is 1.52. The lowest BCUT2D eigenvalue weighted by molar-refractivity contribution is 0.399. The molecule has 1 atom stereocenters. The van der Waals surface area contributed by atoms with Gasteiger partial charge in [-0.15, -0.1) is 0 Å². The average molecular weight is 477 g/mol. The van der Waals surface area contributed by atoms with Gasteiger partial charge in [0.25, 0.3) is 0 Å². The summed E-state index contributed by atoms with van der Waals surface area (Å²) in [5, 5.41) is 14.1. The molecule has 0 saturated heterocycles. The van der Waals surface area contributed by atoms with E-state index in [1.165, 1.54) is 51.4 Å². The second-order valence-corrected chi connectivity index (χ2v) is 9.31. The summed E-state index contributed by atoms with van der Waals surface area (Å²) in [5.74, 6) is 0.885. The van der Waals surface area contributed by atoms with Crippen LogP contribution in [0.1, 0.15) is 104 Å². The number of anilines is 1. The molecule has 2 aliphatic carbocycles. The Hall–Kier alpha value is -1.80. The maximum Gasteiger partial charge on any atom is 0.165 e. The molecule has 0 radical (unpaired) electrons. The van der Waals surface area contributed by atoms with E-state index in [9.17, 15) is 0 Å². The van der Waals surface area contributed by atoms with Gasteiger partial charge in [-0.2, -0.15) is 0 Å². The van der Waals surface area contributed by atoms with Crippen LogP contribution in [-0.4, -0.2) is 48.8 Å². The van der Waals surface area contributed by atoms with Crippen molar-refractivity contribution in [3.8, 4) is 0 Å². The van der Waals surface area contributed by atoms with Gasteiger partial charge in [-0.3, -0.25) is 0 Å². The standard InChI is InChI=1S/C22H34N6S.C2H6.CH4O/c1-16(8-2-7-13-19(29)26-17-9-3-4-10-17)28-15-25-20-21(23-14-24-22(20)28)27-18-11-5-6-12-18;2*1-2/h14-18H,2-13H2,1H3,(H,26,29)(H,23,24,27);1-2H3;2H,1H3. The molecule has 7 nitrogen and oxygen atoms in total. The number of nitrogens with one attached hydrogen (secondary N) is 2. The van der Waals surface area contributed by atoms with Gasteiger partial charge in [-0.1, -0.05) is 58.2 Å². The fourth-order valence-corrected chi connectivity index (χ4v) is 5.09. The SMILES string of the molecule is CC.CC(CCCCC(=S)NC1CCCC1)n1cnc2c(NC3CCCC3)ncnc21.CO. The number of rotatable bonds is 9. The highest BCUT2D eigenvalue weighted by Crippen LogP contribution is 2.27. The summed E-state index contributed by atoms with van der Waals surface area (Å²) in [6.07, 6.45) is 18.3. The monoisotopic (exact) mass is 476 g/mol. The van der Waals surface area contributed by atoms with Crippen molar-refractivity contribution in [1.29, 1.82) is 0 Å². The average Bonchev–Trinajstić information content (AvgIpc) is 3.62. The largest absolute Gasteiger partial charge is 0.400 e. The minimum absolute atomic E-state index is 0.366. The maximum atomic E-state index is 7.00. The number of aliphatic hydroxyl groups is 1. The van der Waals surface area contributed by atoms with Gasteiger partial charge in [0.15, 0.2) is 11.5 Å². The number of unbranched alkanes of at least 4 members (excludes halogenated alkanes) is 1. The van der Waals surface area contributed by atoms with Gasteiger partial charge in [-0.25, -0.2) is 15.0 Å². The summed E-state index contributed by atoms with van der Waals surface area (Å²) >= 11 is 5.54. The number of aliphatic hydroxyl groups excluding tert-OH is 1. The molecule has 1 unspecified atom stereocenters. The fourth-order valence-electron chi connectivity index (χ4n) is 4.78. The zero-order valence-electron chi connectivity index (χ0n) is 21.0. The third kappa shape index (κ3) is 8.18. The van der Waals surface area contributed by atoms with Crippen LogP contribution in [0.25, 0.3) is 11.2 Å². The molecule has 2 heterocycles. The van der Waals surface area contributed by atoms with Gasteiger partial charge >= 0.3 is 0 Å². The van der Waals surface area contributed by atoms with E-state index in [1.54, 1.807) is 6.33 Å². The Bertz CT molecular complexity index is 814. The van der Waals surface area contributed by atoms with Gasteiger partial charge in [0.2, 0.25) is 0 Å². The van der Waals surface area contributed by atoms with Crippen LogP contribution >= 0.6 is 12.2 Å². The number of hydrogen-bond donors (Lipinski definition) is 3. The second-order valence-electron chi connectivity index (χ2n) is 8.82. The maximum absolute atomic E-state index is 7.00. The van der Waals surface area contributed by atoms with Crippen molar-refractivity contribution in [2.24, 2.45) is 0 Å².